The molecule has 0 unspecified atom stereocenters. The van der Waals surface area contributed by atoms with Gasteiger partial charge in [0.15, 0.2) is 0 Å². The first kappa shape index (κ1) is 12.2. The van der Waals surface area contributed by atoms with Gasteiger partial charge in [-0.3, -0.25) is 0 Å². The first-order valence-corrected chi connectivity index (χ1v) is 6.95. The van der Waals surface area contributed by atoms with Crippen molar-refractivity contribution in [3.05, 3.63) is 54.7 Å². The number of hydrogen-bond acceptors (Lipinski definition) is 2. The molecule has 96 valence electrons. The largest absolute Gasteiger partial charge is 0.497 e. The summed E-state index contributed by atoms with van der Waals surface area (Å²) in [4.78, 5) is 2.50. The van der Waals surface area contributed by atoms with E-state index in [0.717, 1.165) is 5.75 Å². The fourth-order valence-electron chi connectivity index (χ4n) is 2.16. The Hall–Kier alpha value is -1.87. The van der Waals surface area contributed by atoms with Gasteiger partial charge in [-0.25, -0.2) is 0 Å². The minimum absolute atomic E-state index is 0.897. The van der Waals surface area contributed by atoms with Crippen LogP contribution in [0.1, 0.15) is 0 Å². The monoisotopic (exact) mass is 269 g/mol. The average molecular weight is 269 g/mol. The van der Waals surface area contributed by atoms with Gasteiger partial charge >= 0.3 is 0 Å². The molecule has 0 saturated heterocycles. The summed E-state index contributed by atoms with van der Waals surface area (Å²) < 4.78 is 7.47. The van der Waals surface area contributed by atoms with Crippen molar-refractivity contribution in [2.24, 2.45) is 7.05 Å². The Morgan fingerprint density at radius 3 is 2.58 bits per heavy atom. The number of fused-ring (bicyclic) bond motifs is 1. The van der Waals surface area contributed by atoms with E-state index in [1.807, 2.05) is 12.1 Å². The predicted molar refractivity (Wildman–Crippen MR) is 80.0 cm³/mol. The molecule has 0 atom stereocenters. The Morgan fingerprint density at radius 1 is 1.05 bits per heavy atom. The van der Waals surface area contributed by atoms with Crippen molar-refractivity contribution in [1.82, 2.24) is 4.57 Å². The van der Waals surface area contributed by atoms with Crippen molar-refractivity contribution in [1.29, 1.82) is 0 Å². The van der Waals surface area contributed by atoms with E-state index in [-0.39, 0.29) is 0 Å². The van der Waals surface area contributed by atoms with Crippen LogP contribution in [0.5, 0.6) is 5.75 Å². The lowest BCUT2D eigenvalue weighted by Gasteiger charge is -2.02. The number of ether oxygens (including phenoxy) is 1. The van der Waals surface area contributed by atoms with Gasteiger partial charge in [0.25, 0.3) is 0 Å². The second-order valence-electron chi connectivity index (χ2n) is 4.40. The van der Waals surface area contributed by atoms with Crippen molar-refractivity contribution >= 4 is 22.7 Å². The van der Waals surface area contributed by atoms with Crippen molar-refractivity contribution in [3.63, 3.8) is 0 Å². The lowest BCUT2D eigenvalue weighted by atomic mass is 10.2. The summed E-state index contributed by atoms with van der Waals surface area (Å²) in [5.41, 5.74) is 1.22. The second kappa shape index (κ2) is 5.02. The normalized spacial score (nSPS) is 10.8. The summed E-state index contributed by atoms with van der Waals surface area (Å²) >= 11 is 1.78. The highest BCUT2D eigenvalue weighted by Gasteiger charge is 2.09. The van der Waals surface area contributed by atoms with E-state index in [0.29, 0.717) is 0 Å². The molecular weight excluding hydrogens is 254 g/mol. The highest BCUT2D eigenvalue weighted by Crippen LogP contribution is 2.36. The average Bonchev–Trinajstić information content (AvgIpc) is 2.76. The minimum atomic E-state index is 0.897. The Bertz CT molecular complexity index is 703. The zero-order chi connectivity index (χ0) is 13.2. The van der Waals surface area contributed by atoms with E-state index in [4.69, 9.17) is 4.74 Å². The second-order valence-corrected chi connectivity index (χ2v) is 5.52. The molecule has 2 nitrogen and oxygen atoms in total. The summed E-state index contributed by atoms with van der Waals surface area (Å²) in [6.45, 7) is 0. The van der Waals surface area contributed by atoms with Crippen molar-refractivity contribution in [2.75, 3.05) is 7.11 Å². The molecule has 3 rings (SSSR count). The van der Waals surface area contributed by atoms with Crippen LogP contribution in [0.15, 0.2) is 64.5 Å². The highest BCUT2D eigenvalue weighted by atomic mass is 32.2. The van der Waals surface area contributed by atoms with E-state index in [9.17, 15) is 0 Å². The van der Waals surface area contributed by atoms with E-state index in [2.05, 4.69) is 54.2 Å². The van der Waals surface area contributed by atoms with Gasteiger partial charge in [-0.2, -0.15) is 0 Å². The van der Waals surface area contributed by atoms with E-state index < -0.39 is 0 Å². The molecule has 2 aromatic carbocycles. The fourth-order valence-corrected chi connectivity index (χ4v) is 3.19. The Kier molecular flexibility index (Phi) is 3.22. The third kappa shape index (κ3) is 2.34. The van der Waals surface area contributed by atoms with Gasteiger partial charge in [0.2, 0.25) is 0 Å². The fraction of sp³-hybridized carbons (Fsp3) is 0.125. The van der Waals surface area contributed by atoms with Crippen LogP contribution in [0.3, 0.4) is 0 Å². The first-order valence-electron chi connectivity index (χ1n) is 6.14. The minimum Gasteiger partial charge on any atom is -0.497 e. The summed E-state index contributed by atoms with van der Waals surface area (Å²) in [7, 11) is 3.78. The molecule has 0 N–H and O–H groups in total. The van der Waals surface area contributed by atoms with Gasteiger partial charge < -0.3 is 9.30 Å². The summed E-state index contributed by atoms with van der Waals surface area (Å²) in [5.74, 6) is 0.897. The van der Waals surface area contributed by atoms with Crippen LogP contribution < -0.4 is 4.74 Å². The number of methoxy groups -OCH3 is 1. The zero-order valence-electron chi connectivity index (χ0n) is 11.0. The summed E-state index contributed by atoms with van der Waals surface area (Å²) in [5, 5.41) is 1.23. The Balaban J connectivity index is 2.08. The van der Waals surface area contributed by atoms with E-state index >= 15 is 0 Å². The van der Waals surface area contributed by atoms with Gasteiger partial charge in [0, 0.05) is 33.9 Å². The Labute approximate surface area is 117 Å². The molecule has 0 aliphatic carbocycles. The zero-order valence-corrected chi connectivity index (χ0v) is 11.8. The number of benzene rings is 2. The third-order valence-corrected chi connectivity index (χ3v) is 4.18. The van der Waals surface area contributed by atoms with Gasteiger partial charge in [0.05, 0.1) is 7.11 Å². The maximum atomic E-state index is 5.32. The quantitative estimate of drug-likeness (QED) is 0.702. The molecule has 0 spiro atoms. The molecule has 19 heavy (non-hydrogen) atoms. The molecule has 1 heterocycles. The third-order valence-electron chi connectivity index (χ3n) is 3.13. The molecule has 0 aliphatic rings. The van der Waals surface area contributed by atoms with Crippen LogP contribution in [0.4, 0.5) is 0 Å². The lowest BCUT2D eigenvalue weighted by Crippen LogP contribution is -1.84. The van der Waals surface area contributed by atoms with Crippen LogP contribution >= 0.6 is 11.8 Å². The molecule has 0 fully saturated rings. The SMILES string of the molecule is COc1ccc2c(c1)c(Sc1ccccc1)cn2C. The number of aromatic nitrogens is 1. The van der Waals surface area contributed by atoms with Crippen LogP contribution in [-0.4, -0.2) is 11.7 Å². The summed E-state index contributed by atoms with van der Waals surface area (Å²) in [6, 6.07) is 16.6. The van der Waals surface area contributed by atoms with Gasteiger partial charge in [-0.05, 0) is 30.3 Å². The first-order chi connectivity index (χ1) is 9.28. The van der Waals surface area contributed by atoms with Crippen molar-refractivity contribution in [2.45, 2.75) is 9.79 Å². The topological polar surface area (TPSA) is 14.2 Å². The molecule has 0 aliphatic heterocycles. The van der Waals surface area contributed by atoms with E-state index in [1.54, 1.807) is 18.9 Å². The number of rotatable bonds is 3. The Morgan fingerprint density at radius 2 is 1.84 bits per heavy atom. The number of aryl methyl sites for hydroxylation is 1. The van der Waals surface area contributed by atoms with Crippen molar-refractivity contribution in [3.8, 4) is 5.75 Å². The van der Waals surface area contributed by atoms with E-state index in [1.165, 1.54) is 20.7 Å². The molecular formula is C16H15NOS. The maximum absolute atomic E-state index is 5.32. The van der Waals surface area contributed by atoms with Gasteiger partial charge in [0.1, 0.15) is 5.75 Å². The van der Waals surface area contributed by atoms with Crippen LogP contribution in [0.25, 0.3) is 10.9 Å². The number of hydrogen-bond donors (Lipinski definition) is 0. The molecule has 1 aromatic heterocycles. The summed E-state index contributed by atoms with van der Waals surface area (Å²) in [6.07, 6.45) is 2.17. The molecule has 0 saturated carbocycles. The maximum Gasteiger partial charge on any atom is 0.119 e. The molecule has 0 amide bonds. The molecule has 0 radical (unpaired) electrons. The lowest BCUT2D eigenvalue weighted by molar-refractivity contribution is 0.415. The van der Waals surface area contributed by atoms with Crippen LogP contribution in [0.2, 0.25) is 0 Å². The van der Waals surface area contributed by atoms with Gasteiger partial charge in [-0.1, -0.05) is 30.0 Å². The molecule has 0 bridgehead atoms. The van der Waals surface area contributed by atoms with Crippen LogP contribution in [0, 0.1) is 0 Å². The number of nitrogens with zero attached hydrogens (tertiary/aromatic N) is 1. The smallest absolute Gasteiger partial charge is 0.119 e. The molecule has 3 heteroatoms. The predicted octanol–water partition coefficient (Wildman–Crippen LogP) is 4.34. The highest BCUT2D eigenvalue weighted by molar-refractivity contribution is 7.99. The van der Waals surface area contributed by atoms with Crippen molar-refractivity contribution < 1.29 is 4.74 Å². The van der Waals surface area contributed by atoms with Gasteiger partial charge in [-0.15, -0.1) is 0 Å². The molecule has 3 aromatic rings. The standard InChI is InChI=1S/C16H15NOS/c1-17-11-16(19-13-6-4-3-5-7-13)14-10-12(18-2)8-9-15(14)17/h3-11H,1-2H3. The van der Waals surface area contributed by atoms with Crippen LogP contribution in [-0.2, 0) is 7.05 Å².